The number of rotatable bonds is 5. The van der Waals surface area contributed by atoms with Crippen LogP contribution in [0, 0.1) is 0 Å². The van der Waals surface area contributed by atoms with Crippen molar-refractivity contribution in [3.8, 4) is 0 Å². The highest BCUT2D eigenvalue weighted by atomic mass is 19.4. The van der Waals surface area contributed by atoms with Crippen LogP contribution >= 0.6 is 0 Å². The summed E-state index contributed by atoms with van der Waals surface area (Å²) in [7, 11) is 0. The summed E-state index contributed by atoms with van der Waals surface area (Å²) < 4.78 is 81.2. The highest BCUT2D eigenvalue weighted by molar-refractivity contribution is 6.01. The van der Waals surface area contributed by atoms with Crippen LogP contribution in [0.5, 0.6) is 0 Å². The van der Waals surface area contributed by atoms with Gasteiger partial charge in [0.1, 0.15) is 11.4 Å². The number of hydrogen-bond donors (Lipinski definition) is 2. The molecule has 0 spiro atoms. The van der Waals surface area contributed by atoms with Crippen LogP contribution < -0.4 is 10.2 Å². The first-order chi connectivity index (χ1) is 16.8. The van der Waals surface area contributed by atoms with E-state index >= 15 is 0 Å². The third kappa shape index (κ3) is 4.72. The van der Waals surface area contributed by atoms with Crippen LogP contribution in [0.2, 0.25) is 0 Å². The molecular formula is C23H18F6N4O3. The largest absolute Gasteiger partial charge is 0.478 e. The van der Waals surface area contributed by atoms with Crippen molar-refractivity contribution in [1.82, 2.24) is 15.1 Å². The minimum absolute atomic E-state index is 0.00160. The van der Waals surface area contributed by atoms with Crippen molar-refractivity contribution in [3.63, 3.8) is 0 Å². The first-order valence-corrected chi connectivity index (χ1v) is 10.5. The van der Waals surface area contributed by atoms with E-state index < -0.39 is 47.1 Å². The summed E-state index contributed by atoms with van der Waals surface area (Å²) >= 11 is 0. The lowest BCUT2D eigenvalue weighted by atomic mass is 10.1. The molecule has 190 valence electrons. The summed E-state index contributed by atoms with van der Waals surface area (Å²) in [6, 6.07) is 8.50. The number of nitrogens with one attached hydrogen (secondary N) is 1. The molecule has 0 saturated carbocycles. The molecule has 2 aromatic carbocycles. The number of anilines is 2. The molecule has 1 aliphatic rings. The van der Waals surface area contributed by atoms with Gasteiger partial charge < -0.3 is 15.3 Å². The molecule has 1 aliphatic heterocycles. The predicted molar refractivity (Wildman–Crippen MR) is 115 cm³/mol. The fraction of sp³-hybridized carbons (Fsp3) is 0.261. The Balaban J connectivity index is 1.69. The number of nitrogens with zero attached hydrogens (tertiary/aromatic N) is 3. The van der Waals surface area contributed by atoms with Gasteiger partial charge in [0.25, 0.3) is 5.91 Å². The fourth-order valence-electron chi connectivity index (χ4n) is 3.94. The summed E-state index contributed by atoms with van der Waals surface area (Å²) in [4.78, 5) is 25.5. The first kappa shape index (κ1) is 25.1. The van der Waals surface area contributed by atoms with Gasteiger partial charge in [0.2, 0.25) is 0 Å². The molecule has 0 saturated heterocycles. The lowest BCUT2D eigenvalue weighted by Gasteiger charge is -2.21. The van der Waals surface area contributed by atoms with Crippen LogP contribution in [-0.2, 0) is 18.9 Å². The number of benzene rings is 2. The maximum absolute atomic E-state index is 13.8. The molecule has 0 fully saturated rings. The van der Waals surface area contributed by atoms with E-state index in [0.717, 1.165) is 28.9 Å². The van der Waals surface area contributed by atoms with Gasteiger partial charge in [0.15, 0.2) is 5.69 Å². The maximum atomic E-state index is 13.8. The summed E-state index contributed by atoms with van der Waals surface area (Å²) in [6.45, 7) is 1.59. The van der Waals surface area contributed by atoms with Crippen LogP contribution in [0.15, 0.2) is 48.5 Å². The average molecular weight is 512 g/mol. The molecule has 0 bridgehead atoms. The maximum Gasteiger partial charge on any atom is 0.436 e. The van der Waals surface area contributed by atoms with Crippen LogP contribution in [0.1, 0.15) is 50.5 Å². The number of carbonyl (C=O) groups excluding carboxylic acids is 1. The smallest absolute Gasteiger partial charge is 0.436 e. The normalized spacial score (nSPS) is 14.5. The van der Waals surface area contributed by atoms with Crippen LogP contribution in [0.25, 0.3) is 0 Å². The lowest BCUT2D eigenvalue weighted by molar-refractivity contribution is -0.142. The zero-order chi connectivity index (χ0) is 26.4. The van der Waals surface area contributed by atoms with E-state index in [0.29, 0.717) is 5.56 Å². The lowest BCUT2D eigenvalue weighted by Crippen LogP contribution is -2.30. The highest BCUT2D eigenvalue weighted by Gasteiger charge is 2.44. The molecule has 1 amide bonds. The first-order valence-electron chi connectivity index (χ1n) is 10.5. The van der Waals surface area contributed by atoms with Crippen LogP contribution in [0.3, 0.4) is 0 Å². The zero-order valence-electron chi connectivity index (χ0n) is 18.5. The molecule has 2 N–H and O–H groups in total. The Morgan fingerprint density at radius 2 is 1.56 bits per heavy atom. The van der Waals surface area contributed by atoms with Crippen molar-refractivity contribution < 1.29 is 41.0 Å². The van der Waals surface area contributed by atoms with Gasteiger partial charge in [-0.1, -0.05) is 12.1 Å². The van der Waals surface area contributed by atoms with Gasteiger partial charge in [-0.15, -0.1) is 0 Å². The Morgan fingerprint density at radius 3 is 2.08 bits per heavy atom. The number of fused-ring (bicyclic) bond motifs is 1. The number of amides is 1. The highest BCUT2D eigenvalue weighted by Crippen LogP contribution is 2.41. The quantitative estimate of drug-likeness (QED) is 0.456. The Kier molecular flexibility index (Phi) is 6.18. The molecule has 0 unspecified atom stereocenters. The van der Waals surface area contributed by atoms with Crippen molar-refractivity contribution in [2.75, 3.05) is 11.4 Å². The molecule has 4 rings (SSSR count). The second-order valence-electron chi connectivity index (χ2n) is 8.09. The molecule has 1 atom stereocenters. The monoisotopic (exact) mass is 512 g/mol. The number of hydrogen-bond acceptors (Lipinski definition) is 4. The average Bonchev–Trinajstić information content (AvgIpc) is 3.38. The van der Waals surface area contributed by atoms with Crippen molar-refractivity contribution in [2.24, 2.45) is 0 Å². The van der Waals surface area contributed by atoms with E-state index in [-0.39, 0.29) is 30.2 Å². The van der Waals surface area contributed by atoms with Crippen LogP contribution in [0.4, 0.5) is 37.8 Å². The third-order valence-electron chi connectivity index (χ3n) is 5.72. The van der Waals surface area contributed by atoms with E-state index in [1.54, 1.807) is 0 Å². The number of carboxylic acid groups (broad SMARTS) is 1. The fourth-order valence-corrected chi connectivity index (χ4v) is 3.94. The second-order valence-corrected chi connectivity index (χ2v) is 8.09. The number of halogens is 6. The number of carboxylic acids is 1. The molecule has 3 aromatic rings. The Bertz CT molecular complexity index is 1300. The Hall–Kier alpha value is -4.03. The SMILES string of the molecule is C[C@H](NC(=O)c1c(C(F)(F)F)nn2c1N(c1ccc(C(F)(F)F)cc1)CC2)c1ccc(C(=O)O)cc1. The number of carbonyl (C=O) groups is 2. The third-order valence-corrected chi connectivity index (χ3v) is 5.72. The van der Waals surface area contributed by atoms with E-state index in [1.165, 1.54) is 36.1 Å². The molecular weight excluding hydrogens is 494 g/mol. The second kappa shape index (κ2) is 8.88. The van der Waals surface area contributed by atoms with Crippen molar-refractivity contribution in [2.45, 2.75) is 31.9 Å². The zero-order valence-corrected chi connectivity index (χ0v) is 18.5. The standard InChI is InChI=1S/C23H18F6N4O3/c1-12(13-2-4-14(5-3-13)21(35)36)30-19(34)17-18(23(27,28)29)31-33-11-10-32(20(17)33)16-8-6-15(7-9-16)22(24,25)26/h2-9,12H,10-11H2,1H3,(H,30,34)(H,35,36)/t12-/m0/s1. The van der Waals surface area contributed by atoms with Crippen molar-refractivity contribution >= 4 is 23.4 Å². The van der Waals surface area contributed by atoms with Gasteiger partial charge in [-0.05, 0) is 48.9 Å². The Labute approximate surface area is 199 Å². The predicted octanol–water partition coefficient (Wildman–Crippen LogP) is 5.26. The van der Waals surface area contributed by atoms with Gasteiger partial charge >= 0.3 is 18.3 Å². The van der Waals surface area contributed by atoms with Gasteiger partial charge in [0.05, 0.1) is 23.7 Å². The Morgan fingerprint density at radius 1 is 0.944 bits per heavy atom. The van der Waals surface area contributed by atoms with Gasteiger partial charge in [-0.25, -0.2) is 9.48 Å². The van der Waals surface area contributed by atoms with Gasteiger partial charge in [-0.3, -0.25) is 4.79 Å². The van der Waals surface area contributed by atoms with Crippen molar-refractivity contribution in [3.05, 3.63) is 76.5 Å². The van der Waals surface area contributed by atoms with Crippen LogP contribution in [-0.4, -0.2) is 33.3 Å². The van der Waals surface area contributed by atoms with Gasteiger partial charge in [0, 0.05) is 12.2 Å². The molecule has 13 heteroatoms. The molecule has 2 heterocycles. The number of aromatic nitrogens is 2. The molecule has 1 aromatic heterocycles. The molecule has 0 aliphatic carbocycles. The molecule has 0 radical (unpaired) electrons. The summed E-state index contributed by atoms with van der Waals surface area (Å²) in [5, 5.41) is 15.1. The van der Waals surface area contributed by atoms with Gasteiger partial charge in [-0.2, -0.15) is 31.4 Å². The topological polar surface area (TPSA) is 87.5 Å². The van der Waals surface area contributed by atoms with E-state index in [2.05, 4.69) is 10.4 Å². The van der Waals surface area contributed by atoms with E-state index in [9.17, 15) is 35.9 Å². The summed E-state index contributed by atoms with van der Waals surface area (Å²) in [5.74, 6) is -2.43. The minimum Gasteiger partial charge on any atom is -0.478 e. The summed E-state index contributed by atoms with van der Waals surface area (Å²) in [6.07, 6.45) is -9.55. The number of alkyl halides is 6. The molecule has 7 nitrogen and oxygen atoms in total. The van der Waals surface area contributed by atoms with E-state index in [4.69, 9.17) is 5.11 Å². The number of aromatic carboxylic acids is 1. The summed E-state index contributed by atoms with van der Waals surface area (Å²) in [5.41, 5.74) is -2.48. The van der Waals surface area contributed by atoms with E-state index in [1.807, 2.05) is 0 Å². The minimum atomic E-state index is -4.97. The molecule has 36 heavy (non-hydrogen) atoms. The van der Waals surface area contributed by atoms with Crippen molar-refractivity contribution in [1.29, 1.82) is 0 Å².